The first-order valence-electron chi connectivity index (χ1n) is 7.37. The normalized spacial score (nSPS) is 11.0. The number of hydrogen-bond donors (Lipinski definition) is 1. The summed E-state index contributed by atoms with van der Waals surface area (Å²) in [4.78, 5) is 43.8. The van der Waals surface area contributed by atoms with Gasteiger partial charge in [-0.3, -0.25) is 14.0 Å². The van der Waals surface area contributed by atoms with E-state index >= 15 is 0 Å². The third-order valence-corrected chi connectivity index (χ3v) is 4.42. The van der Waals surface area contributed by atoms with Crippen molar-refractivity contribution in [3.8, 4) is 0 Å². The molecule has 1 N–H and O–H groups in total. The van der Waals surface area contributed by atoms with E-state index in [-0.39, 0.29) is 23.3 Å². The molecular formula is C17H11N3O4S. The Labute approximate surface area is 144 Å². The molecule has 0 aliphatic heterocycles. The number of rotatable bonds is 3. The zero-order valence-corrected chi connectivity index (χ0v) is 13.6. The first-order valence-corrected chi connectivity index (χ1v) is 8.25. The van der Waals surface area contributed by atoms with E-state index in [0.29, 0.717) is 21.6 Å². The molecule has 8 heteroatoms. The molecule has 7 nitrogen and oxygen atoms in total. The molecule has 0 saturated carbocycles. The number of ether oxygens (including phenoxy) is 1. The molecule has 0 spiro atoms. The minimum Gasteiger partial charge on any atom is -0.455 e. The summed E-state index contributed by atoms with van der Waals surface area (Å²) in [5, 5.41) is 2.25. The Kier molecular flexibility index (Phi) is 3.66. The second-order valence-corrected chi connectivity index (χ2v) is 6.18. The highest BCUT2D eigenvalue weighted by atomic mass is 32.1. The lowest BCUT2D eigenvalue weighted by Crippen LogP contribution is -2.16. The number of para-hydroxylation sites is 1. The van der Waals surface area contributed by atoms with Gasteiger partial charge in [0.25, 0.3) is 5.56 Å². The molecule has 124 valence electrons. The molecule has 3 aromatic heterocycles. The van der Waals surface area contributed by atoms with Gasteiger partial charge in [-0.15, -0.1) is 11.3 Å². The lowest BCUT2D eigenvalue weighted by molar-refractivity contribution is 0.0461. The molecule has 3 heterocycles. The maximum atomic E-state index is 12.2. The Morgan fingerprint density at radius 2 is 2.08 bits per heavy atom. The van der Waals surface area contributed by atoms with E-state index in [2.05, 4.69) is 9.97 Å². The van der Waals surface area contributed by atoms with Gasteiger partial charge in [0.1, 0.15) is 12.3 Å². The van der Waals surface area contributed by atoms with E-state index in [9.17, 15) is 14.4 Å². The fraction of sp³-hybridized carbons (Fsp3) is 0.0588. The minimum atomic E-state index is -0.684. The number of hydrogen-bond acceptors (Lipinski definition) is 6. The third kappa shape index (κ3) is 2.83. The van der Waals surface area contributed by atoms with E-state index in [1.165, 1.54) is 27.9 Å². The molecule has 0 fully saturated rings. The average molecular weight is 353 g/mol. The number of fused-ring (bicyclic) bond motifs is 2. The Morgan fingerprint density at radius 1 is 1.24 bits per heavy atom. The fourth-order valence-electron chi connectivity index (χ4n) is 2.49. The number of nitrogens with zero attached hydrogens (tertiary/aromatic N) is 2. The lowest BCUT2D eigenvalue weighted by Gasteiger charge is -2.06. The predicted molar refractivity (Wildman–Crippen MR) is 93.0 cm³/mol. The van der Waals surface area contributed by atoms with Crippen LogP contribution in [0.2, 0.25) is 0 Å². The molecule has 0 unspecified atom stereocenters. The number of carbonyl (C=O) groups is 1. The van der Waals surface area contributed by atoms with Crippen LogP contribution in [0.15, 0.2) is 57.6 Å². The fourth-order valence-corrected chi connectivity index (χ4v) is 3.22. The highest BCUT2D eigenvalue weighted by Gasteiger charge is 2.12. The number of nitrogens with one attached hydrogen (secondary N) is 1. The number of pyridine rings is 1. The summed E-state index contributed by atoms with van der Waals surface area (Å²) in [6, 6.07) is 9.42. The minimum absolute atomic E-state index is 0.0534. The average Bonchev–Trinajstić information content (AvgIpc) is 3.09. The van der Waals surface area contributed by atoms with Gasteiger partial charge in [-0.25, -0.2) is 9.78 Å². The summed E-state index contributed by atoms with van der Waals surface area (Å²) in [6.07, 6.45) is 1.63. The Morgan fingerprint density at radius 3 is 2.96 bits per heavy atom. The molecule has 25 heavy (non-hydrogen) atoms. The maximum absolute atomic E-state index is 12.2. The molecule has 0 radical (unpaired) electrons. The van der Waals surface area contributed by atoms with Gasteiger partial charge in [0, 0.05) is 34.6 Å². The highest BCUT2D eigenvalue weighted by molar-refractivity contribution is 7.15. The van der Waals surface area contributed by atoms with Crippen molar-refractivity contribution >= 4 is 33.2 Å². The van der Waals surface area contributed by atoms with Crippen molar-refractivity contribution in [2.24, 2.45) is 0 Å². The largest absolute Gasteiger partial charge is 0.455 e. The number of benzene rings is 1. The summed E-state index contributed by atoms with van der Waals surface area (Å²) in [7, 11) is 0. The van der Waals surface area contributed by atoms with Crippen molar-refractivity contribution in [3.05, 3.63) is 79.9 Å². The van der Waals surface area contributed by atoms with Crippen molar-refractivity contribution in [1.82, 2.24) is 14.4 Å². The molecule has 0 bridgehead atoms. The third-order valence-electron chi connectivity index (χ3n) is 3.66. The van der Waals surface area contributed by atoms with Gasteiger partial charge >= 0.3 is 5.97 Å². The van der Waals surface area contributed by atoms with Crippen LogP contribution in [-0.4, -0.2) is 20.3 Å². The number of aromatic nitrogens is 3. The van der Waals surface area contributed by atoms with Gasteiger partial charge in [-0.1, -0.05) is 12.1 Å². The van der Waals surface area contributed by atoms with Crippen LogP contribution in [0.5, 0.6) is 0 Å². The summed E-state index contributed by atoms with van der Waals surface area (Å²) < 4.78 is 6.60. The van der Waals surface area contributed by atoms with Gasteiger partial charge in [0.2, 0.25) is 0 Å². The van der Waals surface area contributed by atoms with Crippen LogP contribution in [0, 0.1) is 0 Å². The Balaban J connectivity index is 1.59. The number of carbonyl (C=O) groups excluding carboxylic acids is 1. The number of H-pyrrole nitrogens is 1. The van der Waals surface area contributed by atoms with Crippen molar-refractivity contribution < 1.29 is 9.53 Å². The van der Waals surface area contributed by atoms with Crippen molar-refractivity contribution in [3.63, 3.8) is 0 Å². The SMILES string of the molecule is O=C(OCc1cc(=O)n2ccsc2n1)c1cc(=O)c2ccccc2[nH]1. The molecule has 0 saturated heterocycles. The first kappa shape index (κ1) is 15.3. The van der Waals surface area contributed by atoms with Crippen LogP contribution in [0.25, 0.3) is 15.9 Å². The van der Waals surface area contributed by atoms with Crippen LogP contribution in [-0.2, 0) is 11.3 Å². The van der Waals surface area contributed by atoms with Crippen LogP contribution in [0.1, 0.15) is 16.2 Å². The Bertz CT molecular complexity index is 1220. The van der Waals surface area contributed by atoms with Crippen molar-refractivity contribution in [1.29, 1.82) is 0 Å². The number of thiazole rings is 1. The molecule has 1 aromatic carbocycles. The van der Waals surface area contributed by atoms with E-state index in [1.54, 1.807) is 35.8 Å². The smallest absolute Gasteiger partial charge is 0.355 e. The summed E-state index contributed by atoms with van der Waals surface area (Å²) >= 11 is 1.31. The Hall–Kier alpha value is -3.26. The van der Waals surface area contributed by atoms with Gasteiger partial charge in [0.05, 0.1) is 5.69 Å². The molecule has 0 aliphatic rings. The predicted octanol–water partition coefficient (Wildman–Crippen LogP) is 1.95. The van der Waals surface area contributed by atoms with E-state index in [1.807, 2.05) is 0 Å². The topological polar surface area (TPSA) is 93.5 Å². The van der Waals surface area contributed by atoms with Crippen LogP contribution >= 0.6 is 11.3 Å². The van der Waals surface area contributed by atoms with Gasteiger partial charge in [-0.05, 0) is 12.1 Å². The van der Waals surface area contributed by atoms with E-state index < -0.39 is 5.97 Å². The quantitative estimate of drug-likeness (QED) is 0.568. The number of aromatic amines is 1. The highest BCUT2D eigenvalue weighted by Crippen LogP contribution is 2.10. The first-order chi connectivity index (χ1) is 12.1. The molecule has 0 amide bonds. The van der Waals surface area contributed by atoms with Gasteiger partial charge in [-0.2, -0.15) is 0 Å². The molecule has 4 rings (SSSR count). The molecule has 0 aliphatic carbocycles. The van der Waals surface area contributed by atoms with Crippen LogP contribution in [0.3, 0.4) is 0 Å². The zero-order valence-electron chi connectivity index (χ0n) is 12.8. The lowest BCUT2D eigenvalue weighted by atomic mass is 10.2. The van der Waals surface area contributed by atoms with Crippen molar-refractivity contribution in [2.45, 2.75) is 6.61 Å². The van der Waals surface area contributed by atoms with E-state index in [4.69, 9.17) is 4.74 Å². The van der Waals surface area contributed by atoms with Crippen LogP contribution < -0.4 is 11.0 Å². The van der Waals surface area contributed by atoms with Crippen LogP contribution in [0.4, 0.5) is 0 Å². The number of esters is 1. The van der Waals surface area contributed by atoms with Gasteiger partial charge < -0.3 is 9.72 Å². The second kappa shape index (κ2) is 5.99. The maximum Gasteiger partial charge on any atom is 0.355 e. The second-order valence-electron chi connectivity index (χ2n) is 5.31. The summed E-state index contributed by atoms with van der Waals surface area (Å²) in [5.74, 6) is -0.684. The zero-order chi connectivity index (χ0) is 17.4. The summed E-state index contributed by atoms with van der Waals surface area (Å²) in [6.45, 7) is -0.155. The van der Waals surface area contributed by atoms with Gasteiger partial charge in [0.15, 0.2) is 10.4 Å². The van der Waals surface area contributed by atoms with E-state index in [0.717, 1.165) is 0 Å². The molecule has 0 atom stereocenters. The standard InChI is InChI=1S/C17H11N3O4S/c21-14-8-13(19-12-4-2-1-3-11(12)14)16(23)24-9-10-7-15(22)20-5-6-25-17(20)18-10/h1-8H,9H2,(H,19,21). The monoisotopic (exact) mass is 353 g/mol. The summed E-state index contributed by atoms with van der Waals surface area (Å²) in [5.41, 5.74) is 0.453. The molecule has 4 aromatic rings. The van der Waals surface area contributed by atoms with Crippen molar-refractivity contribution in [2.75, 3.05) is 0 Å². The molecular weight excluding hydrogens is 342 g/mol.